The Balaban J connectivity index is 2.77. The molecule has 2 aromatic rings. The third kappa shape index (κ3) is 2.61. The fraction of sp³-hybridized carbons (Fsp3) is 0.368. The molecule has 0 amide bonds. The van der Waals surface area contributed by atoms with E-state index in [0.29, 0.717) is 0 Å². The van der Waals surface area contributed by atoms with E-state index in [2.05, 4.69) is 74.6 Å². The minimum absolute atomic E-state index is 0.143. The molecule has 0 aliphatic carbocycles. The lowest BCUT2D eigenvalue weighted by Gasteiger charge is -2.40. The number of rotatable bonds is 5. The first-order chi connectivity index (χ1) is 10.1. The summed E-state index contributed by atoms with van der Waals surface area (Å²) in [6.07, 6.45) is 0. The summed E-state index contributed by atoms with van der Waals surface area (Å²) in [4.78, 5) is 0. The quantitative estimate of drug-likeness (QED) is 0.901. The topological polar surface area (TPSA) is 21.3 Å². The molecule has 0 saturated carbocycles. The van der Waals surface area contributed by atoms with Crippen molar-refractivity contribution in [3.8, 4) is 0 Å². The predicted molar refractivity (Wildman–Crippen MR) is 88.7 cm³/mol. The predicted octanol–water partition coefficient (Wildman–Crippen LogP) is 3.80. The molecule has 0 spiro atoms. The summed E-state index contributed by atoms with van der Waals surface area (Å²) >= 11 is 0. The van der Waals surface area contributed by atoms with Crippen LogP contribution in [0.3, 0.4) is 0 Å². The van der Waals surface area contributed by atoms with Crippen molar-refractivity contribution in [1.29, 1.82) is 0 Å². The molecule has 1 N–H and O–H groups in total. The summed E-state index contributed by atoms with van der Waals surface area (Å²) in [7, 11) is 3.78. The molecule has 1 atom stereocenters. The lowest BCUT2D eigenvalue weighted by Crippen LogP contribution is -2.48. The Morgan fingerprint density at radius 3 is 1.67 bits per heavy atom. The Morgan fingerprint density at radius 1 is 0.905 bits per heavy atom. The van der Waals surface area contributed by atoms with Crippen LogP contribution in [0.2, 0.25) is 0 Å². The number of hydrogen-bond acceptors (Lipinski definition) is 2. The lowest BCUT2D eigenvalue weighted by molar-refractivity contribution is -0.00531. The molecule has 0 aliphatic heterocycles. The van der Waals surface area contributed by atoms with E-state index in [1.807, 2.05) is 7.05 Å². The maximum absolute atomic E-state index is 6.16. The number of ether oxygens (including phenoxy) is 1. The molecule has 112 valence electrons. The monoisotopic (exact) mass is 283 g/mol. The van der Waals surface area contributed by atoms with Crippen LogP contribution in [-0.2, 0) is 10.3 Å². The van der Waals surface area contributed by atoms with Crippen LogP contribution in [0.15, 0.2) is 48.5 Å². The van der Waals surface area contributed by atoms with Gasteiger partial charge in [-0.2, -0.15) is 0 Å². The summed E-state index contributed by atoms with van der Waals surface area (Å²) in [6.45, 7) is 6.45. The van der Waals surface area contributed by atoms with Crippen molar-refractivity contribution < 1.29 is 4.74 Å². The summed E-state index contributed by atoms with van der Waals surface area (Å²) in [6, 6.07) is 17.1. The number of likely N-dealkylation sites (N-methyl/N-ethyl adjacent to an activating group) is 1. The highest BCUT2D eigenvalue weighted by molar-refractivity contribution is 5.45. The highest BCUT2D eigenvalue weighted by atomic mass is 16.5. The van der Waals surface area contributed by atoms with Gasteiger partial charge in [-0.25, -0.2) is 0 Å². The fourth-order valence-electron chi connectivity index (χ4n) is 3.19. The largest absolute Gasteiger partial charge is 0.367 e. The van der Waals surface area contributed by atoms with E-state index in [0.717, 1.165) is 0 Å². The molecule has 21 heavy (non-hydrogen) atoms. The van der Waals surface area contributed by atoms with E-state index in [-0.39, 0.29) is 6.04 Å². The van der Waals surface area contributed by atoms with Crippen LogP contribution >= 0.6 is 0 Å². The van der Waals surface area contributed by atoms with Crippen LogP contribution in [0.5, 0.6) is 0 Å². The number of methoxy groups -OCH3 is 1. The molecular formula is C19H25NO. The third-order valence-electron chi connectivity index (χ3n) is 4.46. The Labute approximate surface area is 128 Å². The van der Waals surface area contributed by atoms with E-state index < -0.39 is 5.60 Å². The van der Waals surface area contributed by atoms with Crippen molar-refractivity contribution in [3.63, 3.8) is 0 Å². The highest BCUT2D eigenvalue weighted by Crippen LogP contribution is 2.39. The lowest BCUT2D eigenvalue weighted by atomic mass is 9.77. The first-order valence-electron chi connectivity index (χ1n) is 7.42. The van der Waals surface area contributed by atoms with Crippen molar-refractivity contribution in [3.05, 3.63) is 70.8 Å². The normalized spacial score (nSPS) is 13.2. The highest BCUT2D eigenvalue weighted by Gasteiger charge is 2.41. The average Bonchev–Trinajstić information content (AvgIpc) is 2.51. The first kappa shape index (κ1) is 15.7. The molecule has 2 heteroatoms. The SMILES string of the molecule is CN[C@@H](C)C(OC)(c1ccccc1C)c1ccccc1C. The van der Waals surface area contributed by atoms with Crippen molar-refractivity contribution in [2.75, 3.05) is 14.2 Å². The average molecular weight is 283 g/mol. The van der Waals surface area contributed by atoms with E-state index in [4.69, 9.17) is 4.74 Å². The van der Waals surface area contributed by atoms with E-state index >= 15 is 0 Å². The number of benzene rings is 2. The van der Waals surface area contributed by atoms with Gasteiger partial charge in [0.25, 0.3) is 0 Å². The Hall–Kier alpha value is -1.64. The molecule has 0 aromatic heterocycles. The number of aryl methyl sites for hydroxylation is 2. The zero-order chi connectivity index (χ0) is 15.5. The van der Waals surface area contributed by atoms with Crippen LogP contribution in [0, 0.1) is 13.8 Å². The molecule has 2 aromatic carbocycles. The zero-order valence-corrected chi connectivity index (χ0v) is 13.6. The third-order valence-corrected chi connectivity index (χ3v) is 4.46. The molecular weight excluding hydrogens is 258 g/mol. The first-order valence-corrected chi connectivity index (χ1v) is 7.42. The fourth-order valence-corrected chi connectivity index (χ4v) is 3.19. The molecule has 0 heterocycles. The standard InChI is InChI=1S/C19H25NO/c1-14-10-6-8-12-17(14)19(21-5,16(3)20-4)18-13-9-7-11-15(18)2/h6-13,16,20H,1-5H3/t16-/m0/s1. The molecule has 0 bridgehead atoms. The second-order valence-electron chi connectivity index (χ2n) is 5.58. The molecule has 0 fully saturated rings. The van der Waals surface area contributed by atoms with Gasteiger partial charge in [0.05, 0.1) is 0 Å². The Kier molecular flexibility index (Phi) is 4.81. The van der Waals surface area contributed by atoms with Gasteiger partial charge in [0.2, 0.25) is 0 Å². The maximum Gasteiger partial charge on any atom is 0.133 e. The maximum atomic E-state index is 6.16. The van der Waals surface area contributed by atoms with Gasteiger partial charge in [0, 0.05) is 13.2 Å². The van der Waals surface area contributed by atoms with E-state index in [9.17, 15) is 0 Å². The van der Waals surface area contributed by atoms with Crippen LogP contribution < -0.4 is 5.32 Å². The van der Waals surface area contributed by atoms with Gasteiger partial charge in [-0.15, -0.1) is 0 Å². The minimum Gasteiger partial charge on any atom is -0.367 e. The van der Waals surface area contributed by atoms with Crippen molar-refractivity contribution in [2.24, 2.45) is 0 Å². The van der Waals surface area contributed by atoms with Crippen LogP contribution in [0.25, 0.3) is 0 Å². The van der Waals surface area contributed by atoms with Gasteiger partial charge in [-0.05, 0) is 50.1 Å². The summed E-state index contributed by atoms with van der Waals surface area (Å²) in [5.41, 5.74) is 4.41. The Bertz CT molecular complexity index is 561. The van der Waals surface area contributed by atoms with Gasteiger partial charge in [0.15, 0.2) is 0 Å². The van der Waals surface area contributed by atoms with Crippen molar-refractivity contribution >= 4 is 0 Å². The van der Waals surface area contributed by atoms with Gasteiger partial charge < -0.3 is 10.1 Å². The number of hydrogen-bond donors (Lipinski definition) is 1. The second-order valence-corrected chi connectivity index (χ2v) is 5.58. The van der Waals surface area contributed by atoms with Gasteiger partial charge >= 0.3 is 0 Å². The molecule has 0 unspecified atom stereocenters. The van der Waals surface area contributed by atoms with Crippen molar-refractivity contribution in [2.45, 2.75) is 32.4 Å². The summed E-state index contributed by atoms with van der Waals surface area (Å²) in [5.74, 6) is 0. The minimum atomic E-state index is -0.495. The van der Waals surface area contributed by atoms with Crippen LogP contribution in [0.1, 0.15) is 29.2 Å². The van der Waals surface area contributed by atoms with Crippen molar-refractivity contribution in [1.82, 2.24) is 5.32 Å². The van der Waals surface area contributed by atoms with Gasteiger partial charge in [0.1, 0.15) is 5.60 Å². The summed E-state index contributed by atoms with van der Waals surface area (Å²) < 4.78 is 6.16. The van der Waals surface area contributed by atoms with Crippen LogP contribution in [-0.4, -0.2) is 20.2 Å². The molecule has 2 rings (SSSR count). The molecule has 0 saturated heterocycles. The second kappa shape index (κ2) is 6.42. The van der Waals surface area contributed by atoms with Gasteiger partial charge in [-0.3, -0.25) is 0 Å². The smallest absolute Gasteiger partial charge is 0.133 e. The molecule has 0 aliphatic rings. The molecule has 0 radical (unpaired) electrons. The molecule has 2 nitrogen and oxygen atoms in total. The number of nitrogens with one attached hydrogen (secondary N) is 1. The van der Waals surface area contributed by atoms with Gasteiger partial charge in [-0.1, -0.05) is 48.5 Å². The van der Waals surface area contributed by atoms with Crippen LogP contribution in [0.4, 0.5) is 0 Å². The zero-order valence-electron chi connectivity index (χ0n) is 13.6. The van der Waals surface area contributed by atoms with E-state index in [1.165, 1.54) is 22.3 Å². The van der Waals surface area contributed by atoms with E-state index in [1.54, 1.807) is 7.11 Å². The summed E-state index contributed by atoms with van der Waals surface area (Å²) in [5, 5.41) is 3.38. The Morgan fingerprint density at radius 2 is 1.33 bits per heavy atom.